The highest BCUT2D eigenvalue weighted by Gasteiger charge is 2.37. The van der Waals surface area contributed by atoms with Gasteiger partial charge in [0.05, 0.1) is 12.6 Å². The van der Waals surface area contributed by atoms with Gasteiger partial charge in [-0.3, -0.25) is 4.79 Å². The number of rotatable bonds is 4. The predicted molar refractivity (Wildman–Crippen MR) is 57.6 cm³/mol. The molecule has 0 aromatic rings. The summed E-state index contributed by atoms with van der Waals surface area (Å²) < 4.78 is 5.50. The molecule has 2 fully saturated rings. The third-order valence-electron chi connectivity index (χ3n) is 3.48. The van der Waals surface area contributed by atoms with Crippen molar-refractivity contribution in [2.24, 2.45) is 0 Å². The third kappa shape index (κ3) is 2.69. The largest absolute Gasteiger partial charge is 0.377 e. The number of hydrogen-bond acceptors (Lipinski definition) is 3. The summed E-state index contributed by atoms with van der Waals surface area (Å²) in [5.74, 6) is 0.109. The molecular formula is C11H20N2O2. The molecule has 0 aromatic heterocycles. The molecule has 0 radical (unpaired) electrons. The summed E-state index contributed by atoms with van der Waals surface area (Å²) in [6, 6.07) is 0.448. The highest BCUT2D eigenvalue weighted by Crippen LogP contribution is 2.24. The van der Waals surface area contributed by atoms with E-state index in [4.69, 9.17) is 4.74 Å². The fourth-order valence-corrected chi connectivity index (χ4v) is 1.86. The van der Waals surface area contributed by atoms with E-state index in [9.17, 15) is 4.79 Å². The van der Waals surface area contributed by atoms with Gasteiger partial charge >= 0.3 is 0 Å². The Hall–Kier alpha value is -0.610. The van der Waals surface area contributed by atoms with Crippen LogP contribution in [-0.4, -0.2) is 36.7 Å². The fourth-order valence-electron chi connectivity index (χ4n) is 1.86. The lowest BCUT2D eigenvalue weighted by atomic mass is 9.95. The smallest absolute Gasteiger partial charge is 0.234 e. The van der Waals surface area contributed by atoms with E-state index >= 15 is 0 Å². The quantitative estimate of drug-likeness (QED) is 0.710. The number of carbonyl (C=O) groups excluding carboxylic acids is 1. The van der Waals surface area contributed by atoms with E-state index in [2.05, 4.69) is 24.5 Å². The summed E-state index contributed by atoms with van der Waals surface area (Å²) in [7, 11) is 0. The molecule has 2 atom stereocenters. The van der Waals surface area contributed by atoms with Crippen molar-refractivity contribution in [1.82, 2.24) is 10.6 Å². The van der Waals surface area contributed by atoms with E-state index in [1.165, 1.54) is 0 Å². The van der Waals surface area contributed by atoms with Gasteiger partial charge in [-0.1, -0.05) is 0 Å². The van der Waals surface area contributed by atoms with Gasteiger partial charge in [0.15, 0.2) is 0 Å². The Bertz CT molecular complexity index is 253. The first-order valence-electron chi connectivity index (χ1n) is 5.76. The molecule has 0 aromatic carbocycles. The molecule has 0 spiro atoms. The molecule has 1 amide bonds. The van der Waals surface area contributed by atoms with Crippen molar-refractivity contribution in [3.8, 4) is 0 Å². The van der Waals surface area contributed by atoms with Crippen LogP contribution in [0.3, 0.4) is 0 Å². The second kappa shape index (κ2) is 4.10. The average molecular weight is 212 g/mol. The van der Waals surface area contributed by atoms with Crippen LogP contribution in [0.2, 0.25) is 0 Å². The van der Waals surface area contributed by atoms with Crippen LogP contribution in [0, 0.1) is 0 Å². The fraction of sp³-hybridized carbons (Fsp3) is 0.909. The first-order chi connectivity index (χ1) is 7.10. The molecular weight excluding hydrogens is 192 g/mol. The number of nitrogens with one attached hydrogen (secondary N) is 2. The lowest BCUT2D eigenvalue weighted by Crippen LogP contribution is -2.51. The van der Waals surface area contributed by atoms with Crippen molar-refractivity contribution >= 4 is 5.91 Å². The summed E-state index contributed by atoms with van der Waals surface area (Å²) in [5, 5.41) is 6.27. The van der Waals surface area contributed by atoms with Gasteiger partial charge in [0.2, 0.25) is 5.91 Å². The van der Waals surface area contributed by atoms with Crippen molar-refractivity contribution < 1.29 is 9.53 Å². The van der Waals surface area contributed by atoms with E-state index in [1.807, 2.05) is 0 Å². The number of hydrogen-bond donors (Lipinski definition) is 2. The number of ether oxygens (including phenoxy) is 1. The third-order valence-corrected chi connectivity index (χ3v) is 3.48. The van der Waals surface area contributed by atoms with Gasteiger partial charge in [0.25, 0.3) is 0 Å². The van der Waals surface area contributed by atoms with Gasteiger partial charge in [-0.15, -0.1) is 0 Å². The Morgan fingerprint density at radius 2 is 2.27 bits per heavy atom. The lowest BCUT2D eigenvalue weighted by Gasteiger charge is -2.28. The van der Waals surface area contributed by atoms with Crippen LogP contribution in [0.1, 0.15) is 33.1 Å². The van der Waals surface area contributed by atoms with E-state index in [1.54, 1.807) is 0 Å². The second-order valence-electron chi connectivity index (χ2n) is 4.88. The minimum Gasteiger partial charge on any atom is -0.377 e. The maximum atomic E-state index is 11.5. The van der Waals surface area contributed by atoms with Gasteiger partial charge < -0.3 is 15.4 Å². The summed E-state index contributed by atoms with van der Waals surface area (Å²) in [5.41, 5.74) is -0.0408. The highest BCUT2D eigenvalue weighted by molar-refractivity contribution is 5.78. The zero-order chi connectivity index (χ0) is 10.9. The minimum atomic E-state index is -0.0408. The van der Waals surface area contributed by atoms with Gasteiger partial charge in [0, 0.05) is 18.2 Å². The van der Waals surface area contributed by atoms with Crippen molar-refractivity contribution in [2.45, 2.75) is 50.8 Å². The van der Waals surface area contributed by atoms with Crippen LogP contribution >= 0.6 is 0 Å². The first-order valence-corrected chi connectivity index (χ1v) is 5.76. The summed E-state index contributed by atoms with van der Waals surface area (Å²) in [6.07, 6.45) is 3.45. The molecule has 1 aliphatic heterocycles. The molecule has 0 bridgehead atoms. The normalized spacial score (nSPS) is 35.5. The molecule has 2 unspecified atom stereocenters. The van der Waals surface area contributed by atoms with Crippen molar-refractivity contribution in [2.75, 3.05) is 13.2 Å². The zero-order valence-electron chi connectivity index (χ0n) is 9.51. The average Bonchev–Trinajstić information content (AvgIpc) is 2.93. The Labute approximate surface area is 90.8 Å². The lowest BCUT2D eigenvalue weighted by molar-refractivity contribution is -0.120. The predicted octanol–water partition coefficient (Wildman–Crippen LogP) is 0.422. The van der Waals surface area contributed by atoms with E-state index in [-0.39, 0.29) is 17.6 Å². The van der Waals surface area contributed by atoms with Gasteiger partial charge in [-0.25, -0.2) is 0 Å². The topological polar surface area (TPSA) is 50.4 Å². The van der Waals surface area contributed by atoms with E-state index in [0.717, 1.165) is 25.9 Å². The second-order valence-corrected chi connectivity index (χ2v) is 4.88. The Morgan fingerprint density at radius 1 is 1.53 bits per heavy atom. The molecule has 15 heavy (non-hydrogen) atoms. The van der Waals surface area contributed by atoms with Gasteiger partial charge in [0.1, 0.15) is 0 Å². The summed E-state index contributed by atoms with van der Waals surface area (Å²) >= 11 is 0. The summed E-state index contributed by atoms with van der Waals surface area (Å²) in [6.45, 7) is 5.36. The van der Waals surface area contributed by atoms with Gasteiger partial charge in [-0.05, 0) is 33.1 Å². The van der Waals surface area contributed by atoms with Crippen LogP contribution in [-0.2, 0) is 9.53 Å². The molecule has 1 saturated carbocycles. The van der Waals surface area contributed by atoms with Crippen LogP contribution < -0.4 is 10.6 Å². The zero-order valence-corrected chi connectivity index (χ0v) is 9.51. The van der Waals surface area contributed by atoms with Crippen molar-refractivity contribution in [3.63, 3.8) is 0 Å². The number of amides is 1. The maximum Gasteiger partial charge on any atom is 0.234 e. The Morgan fingerprint density at radius 3 is 2.80 bits per heavy atom. The SMILES string of the molecule is CC1OCCC1(C)NCC(=O)NC1CC1. The maximum absolute atomic E-state index is 11.5. The molecule has 86 valence electrons. The number of carbonyl (C=O) groups is 1. The van der Waals surface area contributed by atoms with Crippen LogP contribution in [0.4, 0.5) is 0 Å². The molecule has 2 aliphatic rings. The monoisotopic (exact) mass is 212 g/mol. The minimum absolute atomic E-state index is 0.0408. The molecule has 2 rings (SSSR count). The molecule has 2 N–H and O–H groups in total. The highest BCUT2D eigenvalue weighted by atomic mass is 16.5. The van der Waals surface area contributed by atoms with Crippen LogP contribution in [0.15, 0.2) is 0 Å². The summed E-state index contributed by atoms with van der Waals surface area (Å²) in [4.78, 5) is 11.5. The van der Waals surface area contributed by atoms with Crippen LogP contribution in [0.5, 0.6) is 0 Å². The van der Waals surface area contributed by atoms with Crippen LogP contribution in [0.25, 0.3) is 0 Å². The molecule has 1 saturated heterocycles. The Balaban J connectivity index is 1.73. The Kier molecular flexibility index (Phi) is 2.98. The molecule has 1 aliphatic carbocycles. The molecule has 4 nitrogen and oxygen atoms in total. The molecule has 1 heterocycles. The van der Waals surface area contributed by atoms with E-state index in [0.29, 0.717) is 12.6 Å². The van der Waals surface area contributed by atoms with E-state index < -0.39 is 0 Å². The molecule has 4 heteroatoms. The van der Waals surface area contributed by atoms with Gasteiger partial charge in [-0.2, -0.15) is 0 Å². The first kappa shape index (κ1) is 10.9. The standard InChI is InChI=1S/C11H20N2O2/c1-8-11(2,5-6-15-8)12-7-10(14)13-9-3-4-9/h8-9,12H,3-7H2,1-2H3,(H,13,14). The van der Waals surface area contributed by atoms with Crippen molar-refractivity contribution in [1.29, 1.82) is 0 Å². The van der Waals surface area contributed by atoms with Crippen molar-refractivity contribution in [3.05, 3.63) is 0 Å².